The maximum absolute atomic E-state index is 11.3. The molecule has 6 nitrogen and oxygen atoms in total. The van der Waals surface area contributed by atoms with Gasteiger partial charge in [0.2, 0.25) is 0 Å². The molecule has 0 amide bonds. The second kappa shape index (κ2) is 7.57. The van der Waals surface area contributed by atoms with E-state index in [-0.39, 0.29) is 23.4 Å². The first-order valence-electron chi connectivity index (χ1n) is 7.11. The van der Waals surface area contributed by atoms with Gasteiger partial charge in [-0.2, -0.15) is 10.5 Å². The van der Waals surface area contributed by atoms with Crippen molar-refractivity contribution in [2.45, 2.75) is 12.6 Å². The van der Waals surface area contributed by atoms with E-state index in [9.17, 15) is 20.6 Å². The Hall–Kier alpha value is -3.64. The Bertz CT molecular complexity index is 834. The second-order valence-electron chi connectivity index (χ2n) is 5.07. The molecule has 118 valence electrons. The molecule has 2 rings (SSSR count). The van der Waals surface area contributed by atoms with E-state index in [0.717, 1.165) is 5.56 Å². The molecule has 0 aromatic heterocycles. The molecular formula is C18H14N4O2. The van der Waals surface area contributed by atoms with Crippen molar-refractivity contribution < 1.29 is 4.92 Å². The molecule has 0 aliphatic heterocycles. The van der Waals surface area contributed by atoms with E-state index in [1.54, 1.807) is 18.2 Å². The zero-order chi connectivity index (χ0) is 17.5. The molecule has 0 spiro atoms. The average Bonchev–Trinajstić information content (AvgIpc) is 2.62. The van der Waals surface area contributed by atoms with Crippen LogP contribution in [0.4, 0.5) is 5.69 Å². The standard InChI is InChI=1S/C18H14N4O2/c1-14(11-19)18(16-9-5-6-10-17(16)22(23)24)21(13-20)12-15-7-3-2-4-8-15/h2-10,18H,1,12H2. The molecule has 6 heteroatoms. The molecular weight excluding hydrogens is 304 g/mol. The second-order valence-corrected chi connectivity index (χ2v) is 5.07. The summed E-state index contributed by atoms with van der Waals surface area (Å²) in [5.41, 5.74) is 1.05. The molecule has 1 atom stereocenters. The third-order valence-corrected chi connectivity index (χ3v) is 3.54. The predicted octanol–water partition coefficient (Wildman–Crippen LogP) is 3.70. The summed E-state index contributed by atoms with van der Waals surface area (Å²) in [4.78, 5) is 12.1. The van der Waals surface area contributed by atoms with Crippen LogP contribution >= 0.6 is 0 Å². The van der Waals surface area contributed by atoms with Gasteiger partial charge in [0.1, 0.15) is 6.04 Å². The number of nitriles is 2. The van der Waals surface area contributed by atoms with E-state index in [0.29, 0.717) is 0 Å². The van der Waals surface area contributed by atoms with E-state index in [1.165, 1.54) is 11.0 Å². The Labute approximate surface area is 139 Å². The number of hydrogen-bond acceptors (Lipinski definition) is 5. The van der Waals surface area contributed by atoms with E-state index >= 15 is 0 Å². The molecule has 0 aliphatic rings. The smallest absolute Gasteiger partial charge is 0.275 e. The Balaban J connectivity index is 2.49. The zero-order valence-electron chi connectivity index (χ0n) is 12.8. The van der Waals surface area contributed by atoms with Crippen molar-refractivity contribution in [2.75, 3.05) is 0 Å². The first kappa shape index (κ1) is 16.7. The largest absolute Gasteiger partial charge is 0.293 e. The van der Waals surface area contributed by atoms with Crippen molar-refractivity contribution >= 4 is 5.69 Å². The molecule has 0 heterocycles. The minimum atomic E-state index is -0.887. The monoisotopic (exact) mass is 318 g/mol. The summed E-state index contributed by atoms with van der Waals surface area (Å²) in [6.07, 6.45) is 2.03. The molecule has 24 heavy (non-hydrogen) atoms. The summed E-state index contributed by atoms with van der Waals surface area (Å²) in [6.45, 7) is 3.90. The molecule has 2 aromatic rings. The van der Waals surface area contributed by atoms with Crippen LogP contribution in [0.1, 0.15) is 17.2 Å². The van der Waals surface area contributed by atoms with Gasteiger partial charge >= 0.3 is 0 Å². The van der Waals surface area contributed by atoms with Crippen LogP contribution < -0.4 is 0 Å². The Morgan fingerprint density at radius 1 is 1.17 bits per heavy atom. The normalized spacial score (nSPS) is 10.9. The summed E-state index contributed by atoms with van der Waals surface area (Å²) >= 11 is 0. The number of hydrogen-bond donors (Lipinski definition) is 0. The lowest BCUT2D eigenvalue weighted by Gasteiger charge is -2.26. The number of benzene rings is 2. The molecule has 0 saturated heterocycles. The molecule has 1 unspecified atom stereocenters. The van der Waals surface area contributed by atoms with Crippen LogP contribution in [0, 0.1) is 32.9 Å². The molecule has 0 fully saturated rings. The van der Waals surface area contributed by atoms with Crippen LogP contribution in [0.25, 0.3) is 0 Å². The lowest BCUT2D eigenvalue weighted by Crippen LogP contribution is -2.25. The van der Waals surface area contributed by atoms with Gasteiger partial charge < -0.3 is 0 Å². The fraction of sp³-hybridized carbons (Fsp3) is 0.111. The van der Waals surface area contributed by atoms with Crippen molar-refractivity contribution in [2.24, 2.45) is 0 Å². The molecule has 2 aromatic carbocycles. The van der Waals surface area contributed by atoms with Crippen LogP contribution in [0.3, 0.4) is 0 Å². The van der Waals surface area contributed by atoms with Gasteiger partial charge in [0.15, 0.2) is 6.19 Å². The highest BCUT2D eigenvalue weighted by Crippen LogP contribution is 2.34. The fourth-order valence-corrected chi connectivity index (χ4v) is 2.45. The van der Waals surface area contributed by atoms with Crippen molar-refractivity contribution in [1.29, 1.82) is 10.5 Å². The van der Waals surface area contributed by atoms with Gasteiger partial charge in [0.05, 0.1) is 28.7 Å². The quantitative estimate of drug-likeness (QED) is 0.266. The van der Waals surface area contributed by atoms with E-state index in [2.05, 4.69) is 6.58 Å². The van der Waals surface area contributed by atoms with Crippen LogP contribution in [-0.2, 0) is 6.54 Å². The Morgan fingerprint density at radius 3 is 2.38 bits per heavy atom. The number of para-hydroxylation sites is 1. The summed E-state index contributed by atoms with van der Waals surface area (Å²) in [6, 6.07) is 16.3. The molecule has 0 N–H and O–H groups in total. The highest BCUT2D eigenvalue weighted by molar-refractivity contribution is 5.47. The third kappa shape index (κ3) is 3.57. The van der Waals surface area contributed by atoms with Gasteiger partial charge in [0, 0.05) is 6.07 Å². The average molecular weight is 318 g/mol. The number of nitro benzene ring substituents is 1. The van der Waals surface area contributed by atoms with Gasteiger partial charge in [-0.15, -0.1) is 0 Å². The molecule has 0 radical (unpaired) electrons. The van der Waals surface area contributed by atoms with Crippen LogP contribution in [0.2, 0.25) is 0 Å². The first-order chi connectivity index (χ1) is 11.6. The van der Waals surface area contributed by atoms with Crippen molar-refractivity contribution in [3.63, 3.8) is 0 Å². The Kier molecular flexibility index (Phi) is 5.28. The highest BCUT2D eigenvalue weighted by Gasteiger charge is 2.29. The Morgan fingerprint density at radius 2 is 1.79 bits per heavy atom. The lowest BCUT2D eigenvalue weighted by atomic mass is 9.97. The SMILES string of the molecule is C=C(C#N)C(c1ccccc1[N+](=O)[O-])N(C#N)Cc1ccccc1. The summed E-state index contributed by atoms with van der Waals surface area (Å²) in [5, 5.41) is 30.1. The van der Waals surface area contributed by atoms with Gasteiger partial charge in [0.25, 0.3) is 5.69 Å². The fourth-order valence-electron chi connectivity index (χ4n) is 2.45. The predicted molar refractivity (Wildman–Crippen MR) is 88.2 cm³/mol. The summed E-state index contributed by atoms with van der Waals surface area (Å²) in [7, 11) is 0. The molecule has 0 saturated carbocycles. The number of nitrogens with zero attached hydrogens (tertiary/aromatic N) is 4. The van der Waals surface area contributed by atoms with Gasteiger partial charge in [-0.1, -0.05) is 49.0 Å². The lowest BCUT2D eigenvalue weighted by molar-refractivity contribution is -0.385. The van der Waals surface area contributed by atoms with Crippen molar-refractivity contribution in [3.8, 4) is 12.3 Å². The maximum atomic E-state index is 11.3. The number of nitro groups is 1. The minimum Gasteiger partial charge on any atom is -0.293 e. The maximum Gasteiger partial charge on any atom is 0.275 e. The van der Waals surface area contributed by atoms with Gasteiger partial charge in [-0.3, -0.25) is 15.0 Å². The summed E-state index contributed by atoms with van der Waals surface area (Å²) in [5.74, 6) is 0. The van der Waals surface area contributed by atoms with Crippen molar-refractivity contribution in [3.05, 3.63) is 88.0 Å². The van der Waals surface area contributed by atoms with Crippen LogP contribution in [0.5, 0.6) is 0 Å². The first-order valence-corrected chi connectivity index (χ1v) is 7.11. The van der Waals surface area contributed by atoms with Gasteiger partial charge in [-0.25, -0.2) is 0 Å². The molecule has 0 aliphatic carbocycles. The molecule has 0 bridgehead atoms. The third-order valence-electron chi connectivity index (χ3n) is 3.54. The van der Waals surface area contributed by atoms with Gasteiger partial charge in [-0.05, 0) is 11.6 Å². The minimum absolute atomic E-state index is 0.0711. The van der Waals surface area contributed by atoms with Crippen LogP contribution in [-0.4, -0.2) is 9.82 Å². The van der Waals surface area contributed by atoms with Crippen molar-refractivity contribution in [1.82, 2.24) is 4.90 Å². The zero-order valence-corrected chi connectivity index (χ0v) is 12.8. The topological polar surface area (TPSA) is 94.0 Å². The van der Waals surface area contributed by atoms with E-state index in [4.69, 9.17) is 0 Å². The van der Waals surface area contributed by atoms with E-state index < -0.39 is 11.0 Å². The highest BCUT2D eigenvalue weighted by atomic mass is 16.6. The van der Waals surface area contributed by atoms with E-state index in [1.807, 2.05) is 42.6 Å². The summed E-state index contributed by atoms with van der Waals surface area (Å²) < 4.78 is 0. The van der Waals surface area contributed by atoms with Crippen LogP contribution in [0.15, 0.2) is 66.7 Å². The number of rotatable bonds is 6.